The lowest BCUT2D eigenvalue weighted by Gasteiger charge is -2.36. The number of aryl methyl sites for hydroxylation is 1. The molecule has 0 unspecified atom stereocenters. The molecule has 1 saturated heterocycles. The van der Waals surface area contributed by atoms with Crippen molar-refractivity contribution in [2.24, 2.45) is 5.84 Å². The van der Waals surface area contributed by atoms with Crippen LogP contribution >= 0.6 is 0 Å². The van der Waals surface area contributed by atoms with Crippen LogP contribution in [0.25, 0.3) is 0 Å². The Morgan fingerprint density at radius 3 is 2.61 bits per heavy atom. The molecular formula is C12H21N5O. The Balaban J connectivity index is 2.25. The molecule has 0 aromatic carbocycles. The maximum absolute atomic E-state index is 5.73. The van der Waals surface area contributed by atoms with Crippen molar-refractivity contribution in [3.63, 3.8) is 0 Å². The Labute approximate surface area is 108 Å². The summed E-state index contributed by atoms with van der Waals surface area (Å²) in [4.78, 5) is 11.1. The molecule has 2 heterocycles. The Hall–Kier alpha value is -1.40. The van der Waals surface area contributed by atoms with Gasteiger partial charge in [0.15, 0.2) is 0 Å². The first kappa shape index (κ1) is 13.0. The number of nitrogen functional groups attached to an aromatic ring is 1. The quantitative estimate of drug-likeness (QED) is 0.615. The number of ether oxygens (including phenoxy) is 1. The van der Waals surface area contributed by atoms with Crippen molar-refractivity contribution in [3.8, 4) is 0 Å². The Morgan fingerprint density at radius 2 is 2.06 bits per heavy atom. The zero-order valence-corrected chi connectivity index (χ0v) is 11.2. The molecule has 0 saturated carbocycles. The largest absolute Gasteiger partial charge is 0.372 e. The standard InChI is InChI=1S/C12H21N5O/c1-4-10-14-11(16-13)5-12(15-10)17-6-8(2)18-9(3)7-17/h5,8-9H,4,6-7,13H2,1-3H3,(H,14,15,16)/t8-,9+. The summed E-state index contributed by atoms with van der Waals surface area (Å²) in [6.07, 6.45) is 1.21. The van der Waals surface area contributed by atoms with Crippen LogP contribution in [0.5, 0.6) is 0 Å². The first-order chi connectivity index (χ1) is 8.62. The summed E-state index contributed by atoms with van der Waals surface area (Å²) >= 11 is 0. The van der Waals surface area contributed by atoms with Crippen LogP contribution in [0.15, 0.2) is 6.07 Å². The fourth-order valence-corrected chi connectivity index (χ4v) is 2.24. The number of hydrogen-bond donors (Lipinski definition) is 2. The molecule has 1 aliphatic rings. The third-order valence-electron chi connectivity index (χ3n) is 2.97. The number of nitrogens with two attached hydrogens (primary N) is 1. The molecule has 3 N–H and O–H groups in total. The van der Waals surface area contributed by atoms with Gasteiger partial charge in [0.25, 0.3) is 0 Å². The van der Waals surface area contributed by atoms with E-state index in [1.165, 1.54) is 0 Å². The molecule has 6 nitrogen and oxygen atoms in total. The van der Waals surface area contributed by atoms with Gasteiger partial charge in [-0.05, 0) is 13.8 Å². The third-order valence-corrected chi connectivity index (χ3v) is 2.97. The minimum absolute atomic E-state index is 0.211. The van der Waals surface area contributed by atoms with Crippen molar-refractivity contribution in [2.75, 3.05) is 23.4 Å². The van der Waals surface area contributed by atoms with E-state index < -0.39 is 0 Å². The maximum atomic E-state index is 5.73. The Morgan fingerprint density at radius 1 is 1.39 bits per heavy atom. The van der Waals surface area contributed by atoms with Crippen LogP contribution in [0.4, 0.5) is 11.6 Å². The van der Waals surface area contributed by atoms with E-state index in [0.29, 0.717) is 5.82 Å². The molecule has 0 radical (unpaired) electrons. The SMILES string of the molecule is CCc1nc(NN)cc(N2C[C@@H](C)O[C@@H](C)C2)n1. The van der Waals surface area contributed by atoms with E-state index in [1.54, 1.807) is 0 Å². The minimum Gasteiger partial charge on any atom is -0.372 e. The van der Waals surface area contributed by atoms with Gasteiger partial charge in [-0.3, -0.25) is 0 Å². The summed E-state index contributed by atoms with van der Waals surface area (Å²) in [6.45, 7) is 7.87. The van der Waals surface area contributed by atoms with Crippen LogP contribution in [-0.4, -0.2) is 35.3 Å². The van der Waals surface area contributed by atoms with E-state index >= 15 is 0 Å². The van der Waals surface area contributed by atoms with Gasteiger partial charge in [0.2, 0.25) is 0 Å². The number of hydrazine groups is 1. The van der Waals surface area contributed by atoms with Crippen LogP contribution < -0.4 is 16.2 Å². The third kappa shape index (κ3) is 2.88. The van der Waals surface area contributed by atoms with E-state index in [2.05, 4.69) is 34.1 Å². The monoisotopic (exact) mass is 251 g/mol. The smallest absolute Gasteiger partial charge is 0.145 e. The van der Waals surface area contributed by atoms with Crippen molar-refractivity contribution >= 4 is 11.6 Å². The predicted molar refractivity (Wildman–Crippen MR) is 71.4 cm³/mol. The summed E-state index contributed by atoms with van der Waals surface area (Å²) in [5.41, 5.74) is 2.59. The number of aromatic nitrogens is 2. The number of morpholine rings is 1. The van der Waals surface area contributed by atoms with Crippen molar-refractivity contribution < 1.29 is 4.74 Å². The average Bonchev–Trinajstić information content (AvgIpc) is 2.37. The van der Waals surface area contributed by atoms with Gasteiger partial charge in [0.1, 0.15) is 17.5 Å². The van der Waals surface area contributed by atoms with E-state index in [9.17, 15) is 0 Å². The zero-order valence-electron chi connectivity index (χ0n) is 11.2. The van der Waals surface area contributed by atoms with Gasteiger partial charge in [-0.15, -0.1) is 0 Å². The number of rotatable bonds is 3. The van der Waals surface area contributed by atoms with Gasteiger partial charge in [-0.2, -0.15) is 0 Å². The molecule has 6 heteroatoms. The van der Waals surface area contributed by atoms with Crippen LogP contribution in [-0.2, 0) is 11.2 Å². The highest BCUT2D eigenvalue weighted by Crippen LogP contribution is 2.20. The number of anilines is 2. The lowest BCUT2D eigenvalue weighted by atomic mass is 10.2. The fourth-order valence-electron chi connectivity index (χ4n) is 2.24. The lowest BCUT2D eigenvalue weighted by molar-refractivity contribution is -0.00547. The highest BCUT2D eigenvalue weighted by Gasteiger charge is 2.23. The molecule has 1 aromatic rings. The zero-order chi connectivity index (χ0) is 13.1. The van der Waals surface area contributed by atoms with E-state index in [0.717, 1.165) is 31.2 Å². The van der Waals surface area contributed by atoms with Crippen molar-refractivity contribution in [1.82, 2.24) is 9.97 Å². The molecule has 2 atom stereocenters. The summed E-state index contributed by atoms with van der Waals surface area (Å²) in [6, 6.07) is 1.88. The molecular weight excluding hydrogens is 230 g/mol. The van der Waals surface area contributed by atoms with E-state index in [-0.39, 0.29) is 12.2 Å². The molecule has 100 valence electrons. The molecule has 0 aliphatic carbocycles. The number of nitrogens with one attached hydrogen (secondary N) is 1. The van der Waals surface area contributed by atoms with Gasteiger partial charge in [0, 0.05) is 25.6 Å². The summed E-state index contributed by atoms with van der Waals surface area (Å²) < 4.78 is 5.73. The maximum Gasteiger partial charge on any atom is 0.145 e. The van der Waals surface area contributed by atoms with Crippen LogP contribution in [0, 0.1) is 0 Å². The topological polar surface area (TPSA) is 76.3 Å². The van der Waals surface area contributed by atoms with Gasteiger partial charge >= 0.3 is 0 Å². The Kier molecular flexibility index (Phi) is 3.98. The molecule has 1 aliphatic heterocycles. The summed E-state index contributed by atoms with van der Waals surface area (Å²) in [5.74, 6) is 7.81. The number of nitrogens with zero attached hydrogens (tertiary/aromatic N) is 3. The van der Waals surface area contributed by atoms with Crippen LogP contribution in [0.2, 0.25) is 0 Å². The molecule has 1 fully saturated rings. The molecule has 0 amide bonds. The summed E-state index contributed by atoms with van der Waals surface area (Å²) in [5, 5.41) is 0. The van der Waals surface area contributed by atoms with Crippen molar-refractivity contribution in [1.29, 1.82) is 0 Å². The molecule has 18 heavy (non-hydrogen) atoms. The average molecular weight is 251 g/mol. The predicted octanol–water partition coefficient (Wildman–Crippen LogP) is 0.938. The first-order valence-electron chi connectivity index (χ1n) is 6.37. The normalized spacial score (nSPS) is 24.1. The number of hydrogen-bond acceptors (Lipinski definition) is 6. The summed E-state index contributed by atoms with van der Waals surface area (Å²) in [7, 11) is 0. The molecule has 2 rings (SSSR count). The highest BCUT2D eigenvalue weighted by molar-refractivity contribution is 5.49. The minimum atomic E-state index is 0.211. The van der Waals surface area contributed by atoms with Crippen molar-refractivity contribution in [3.05, 3.63) is 11.9 Å². The van der Waals surface area contributed by atoms with Crippen molar-refractivity contribution in [2.45, 2.75) is 39.4 Å². The van der Waals surface area contributed by atoms with Gasteiger partial charge in [-0.1, -0.05) is 6.92 Å². The first-order valence-corrected chi connectivity index (χ1v) is 6.37. The highest BCUT2D eigenvalue weighted by atomic mass is 16.5. The fraction of sp³-hybridized carbons (Fsp3) is 0.667. The van der Waals surface area contributed by atoms with Gasteiger partial charge in [0.05, 0.1) is 12.2 Å². The second kappa shape index (κ2) is 5.49. The molecule has 0 spiro atoms. The van der Waals surface area contributed by atoms with Crippen LogP contribution in [0.1, 0.15) is 26.6 Å². The lowest BCUT2D eigenvalue weighted by Crippen LogP contribution is -2.46. The molecule has 1 aromatic heterocycles. The van der Waals surface area contributed by atoms with E-state index in [1.807, 2.05) is 13.0 Å². The molecule has 0 bridgehead atoms. The van der Waals surface area contributed by atoms with E-state index in [4.69, 9.17) is 10.6 Å². The second-order valence-corrected chi connectivity index (χ2v) is 4.69. The van der Waals surface area contributed by atoms with Crippen LogP contribution in [0.3, 0.4) is 0 Å². The van der Waals surface area contributed by atoms with Gasteiger partial charge in [-0.25, -0.2) is 15.8 Å². The van der Waals surface area contributed by atoms with Gasteiger partial charge < -0.3 is 15.1 Å². The second-order valence-electron chi connectivity index (χ2n) is 4.69. The Bertz CT molecular complexity index is 379.